The highest BCUT2D eigenvalue weighted by Gasteiger charge is 2.18. The molecule has 0 amide bonds. The number of nitrogens with zero attached hydrogens (tertiary/aromatic N) is 1. The average molecular weight is 320 g/mol. The van der Waals surface area contributed by atoms with E-state index in [0.29, 0.717) is 10.2 Å². The first-order valence-corrected chi connectivity index (χ1v) is 6.63. The van der Waals surface area contributed by atoms with Crippen LogP contribution in [0.5, 0.6) is 0 Å². The molecule has 0 unspecified atom stereocenters. The Balaban J connectivity index is 2.57. The Kier molecular flexibility index (Phi) is 3.90. The van der Waals surface area contributed by atoms with Crippen molar-refractivity contribution >= 4 is 33.3 Å². The Morgan fingerprint density at radius 1 is 1.11 bits per heavy atom. The molecular weight excluding hydrogens is 306 g/mol. The molecule has 0 fully saturated rings. The van der Waals surface area contributed by atoms with Gasteiger partial charge < -0.3 is 10.0 Å². The molecule has 0 aliphatic heterocycles. The molecule has 0 radical (unpaired) electrons. The molecular formula is C15H14BrNO2. The Bertz CT molecular complexity index is 625. The normalized spacial score (nSPS) is 10.3. The highest BCUT2D eigenvalue weighted by atomic mass is 79.9. The van der Waals surface area contributed by atoms with Crippen molar-refractivity contribution in [2.45, 2.75) is 6.92 Å². The minimum atomic E-state index is -0.942. The Labute approximate surface area is 120 Å². The van der Waals surface area contributed by atoms with Crippen LogP contribution in [0, 0.1) is 6.92 Å². The van der Waals surface area contributed by atoms with Crippen LogP contribution in [0.15, 0.2) is 46.9 Å². The molecule has 0 aromatic heterocycles. The molecule has 1 N–H and O–H groups in total. The summed E-state index contributed by atoms with van der Waals surface area (Å²) in [4.78, 5) is 13.3. The zero-order valence-corrected chi connectivity index (χ0v) is 12.3. The maximum Gasteiger partial charge on any atom is 0.338 e. The van der Waals surface area contributed by atoms with Gasteiger partial charge in [-0.3, -0.25) is 0 Å². The summed E-state index contributed by atoms with van der Waals surface area (Å²) in [6.07, 6.45) is 0. The summed E-state index contributed by atoms with van der Waals surface area (Å²) in [5.74, 6) is -0.942. The van der Waals surface area contributed by atoms with E-state index in [1.807, 2.05) is 49.2 Å². The minimum absolute atomic E-state index is 0.272. The van der Waals surface area contributed by atoms with Gasteiger partial charge in [-0.2, -0.15) is 0 Å². The van der Waals surface area contributed by atoms with Gasteiger partial charge in [0.25, 0.3) is 0 Å². The van der Waals surface area contributed by atoms with Crippen molar-refractivity contribution in [2.75, 3.05) is 11.9 Å². The molecule has 2 aromatic carbocycles. The van der Waals surface area contributed by atoms with Gasteiger partial charge in [0.05, 0.1) is 11.3 Å². The van der Waals surface area contributed by atoms with Gasteiger partial charge in [0.15, 0.2) is 0 Å². The van der Waals surface area contributed by atoms with E-state index < -0.39 is 5.97 Å². The molecule has 2 rings (SSSR count). The van der Waals surface area contributed by atoms with Crippen molar-refractivity contribution in [3.8, 4) is 0 Å². The van der Waals surface area contributed by atoms with Crippen LogP contribution in [-0.2, 0) is 0 Å². The van der Waals surface area contributed by atoms with Gasteiger partial charge in [-0.15, -0.1) is 0 Å². The number of carbonyl (C=O) groups is 1. The number of halogens is 1. The maximum atomic E-state index is 11.4. The van der Waals surface area contributed by atoms with Gasteiger partial charge in [0, 0.05) is 17.2 Å². The number of benzene rings is 2. The number of anilines is 2. The van der Waals surface area contributed by atoms with Crippen LogP contribution in [0.3, 0.4) is 0 Å². The van der Waals surface area contributed by atoms with Crippen LogP contribution in [0.4, 0.5) is 11.4 Å². The summed E-state index contributed by atoms with van der Waals surface area (Å²) in [5, 5.41) is 9.35. The number of carboxylic acid groups (broad SMARTS) is 1. The predicted molar refractivity (Wildman–Crippen MR) is 80.3 cm³/mol. The van der Waals surface area contributed by atoms with E-state index in [2.05, 4.69) is 15.9 Å². The van der Waals surface area contributed by atoms with E-state index in [1.54, 1.807) is 12.1 Å². The summed E-state index contributed by atoms with van der Waals surface area (Å²) >= 11 is 3.30. The second-order valence-electron chi connectivity index (χ2n) is 4.28. The number of carboxylic acids is 1. The minimum Gasteiger partial charge on any atom is -0.478 e. The smallest absolute Gasteiger partial charge is 0.338 e. The zero-order chi connectivity index (χ0) is 14.0. The first kappa shape index (κ1) is 13.6. The van der Waals surface area contributed by atoms with Crippen molar-refractivity contribution in [3.05, 3.63) is 58.1 Å². The summed E-state index contributed by atoms with van der Waals surface area (Å²) in [6.45, 7) is 2.00. The van der Waals surface area contributed by atoms with E-state index in [-0.39, 0.29) is 5.56 Å². The van der Waals surface area contributed by atoms with E-state index in [9.17, 15) is 9.90 Å². The number of hydrogen-bond acceptors (Lipinski definition) is 2. The summed E-state index contributed by atoms with van der Waals surface area (Å²) in [6, 6.07) is 13.3. The number of para-hydroxylation sites is 1. The highest BCUT2D eigenvalue weighted by molar-refractivity contribution is 9.10. The molecule has 0 aliphatic rings. The van der Waals surface area contributed by atoms with Crippen molar-refractivity contribution in [2.24, 2.45) is 0 Å². The zero-order valence-electron chi connectivity index (χ0n) is 10.7. The van der Waals surface area contributed by atoms with Crippen molar-refractivity contribution in [1.29, 1.82) is 0 Å². The summed E-state index contributed by atoms with van der Waals surface area (Å²) in [5.41, 5.74) is 3.02. The topological polar surface area (TPSA) is 40.5 Å². The van der Waals surface area contributed by atoms with Gasteiger partial charge in [0.1, 0.15) is 0 Å². The Morgan fingerprint density at radius 2 is 1.74 bits per heavy atom. The van der Waals surface area contributed by atoms with Crippen molar-refractivity contribution in [3.63, 3.8) is 0 Å². The lowest BCUT2D eigenvalue weighted by Gasteiger charge is -2.23. The maximum absolute atomic E-state index is 11.4. The molecule has 0 heterocycles. The fraction of sp³-hybridized carbons (Fsp3) is 0.133. The van der Waals surface area contributed by atoms with Crippen LogP contribution in [0.2, 0.25) is 0 Å². The standard InChI is InChI=1S/C15H14BrNO2/c1-10-6-3-4-8-12(10)17(2)13-9-5-7-11(16)14(13)15(18)19/h3-9H,1-2H3,(H,18,19). The number of hydrogen-bond donors (Lipinski definition) is 1. The lowest BCUT2D eigenvalue weighted by Crippen LogP contribution is -2.15. The van der Waals surface area contributed by atoms with Gasteiger partial charge >= 0.3 is 5.97 Å². The lowest BCUT2D eigenvalue weighted by molar-refractivity contribution is 0.0696. The van der Waals surface area contributed by atoms with Gasteiger partial charge in [-0.25, -0.2) is 4.79 Å². The molecule has 3 nitrogen and oxygen atoms in total. The molecule has 0 bridgehead atoms. The third-order valence-electron chi connectivity index (χ3n) is 3.04. The van der Waals surface area contributed by atoms with Crippen LogP contribution in [0.1, 0.15) is 15.9 Å². The molecule has 4 heteroatoms. The largest absolute Gasteiger partial charge is 0.478 e. The molecule has 0 saturated heterocycles. The molecule has 19 heavy (non-hydrogen) atoms. The van der Waals surface area contributed by atoms with Gasteiger partial charge in [-0.05, 0) is 46.6 Å². The molecule has 0 spiro atoms. The molecule has 0 saturated carbocycles. The van der Waals surface area contributed by atoms with E-state index in [1.165, 1.54) is 0 Å². The SMILES string of the molecule is Cc1ccccc1N(C)c1cccc(Br)c1C(=O)O. The second-order valence-corrected chi connectivity index (χ2v) is 5.14. The number of aryl methyl sites for hydroxylation is 1. The molecule has 98 valence electrons. The van der Waals surface area contributed by atoms with Crippen LogP contribution >= 0.6 is 15.9 Å². The van der Waals surface area contributed by atoms with Crippen LogP contribution in [0.25, 0.3) is 0 Å². The molecule has 2 aromatic rings. The number of rotatable bonds is 3. The van der Waals surface area contributed by atoms with Gasteiger partial charge in [-0.1, -0.05) is 24.3 Å². The highest BCUT2D eigenvalue weighted by Crippen LogP contribution is 2.33. The monoisotopic (exact) mass is 319 g/mol. The third kappa shape index (κ3) is 2.63. The first-order chi connectivity index (χ1) is 9.02. The van der Waals surface area contributed by atoms with E-state index in [0.717, 1.165) is 11.3 Å². The van der Waals surface area contributed by atoms with Crippen LogP contribution < -0.4 is 4.90 Å². The predicted octanol–water partition coefficient (Wildman–Crippen LogP) is 4.22. The van der Waals surface area contributed by atoms with E-state index >= 15 is 0 Å². The van der Waals surface area contributed by atoms with E-state index in [4.69, 9.17) is 0 Å². The number of aromatic carboxylic acids is 1. The quantitative estimate of drug-likeness (QED) is 0.920. The van der Waals surface area contributed by atoms with Crippen molar-refractivity contribution < 1.29 is 9.90 Å². The van der Waals surface area contributed by atoms with Gasteiger partial charge in [0.2, 0.25) is 0 Å². The summed E-state index contributed by atoms with van der Waals surface area (Å²) in [7, 11) is 1.87. The third-order valence-corrected chi connectivity index (χ3v) is 3.70. The fourth-order valence-corrected chi connectivity index (χ4v) is 2.60. The summed E-state index contributed by atoms with van der Waals surface area (Å²) < 4.78 is 0.581. The Morgan fingerprint density at radius 3 is 2.37 bits per heavy atom. The second kappa shape index (κ2) is 5.45. The fourth-order valence-electron chi connectivity index (χ4n) is 2.07. The first-order valence-electron chi connectivity index (χ1n) is 5.83. The van der Waals surface area contributed by atoms with Crippen molar-refractivity contribution in [1.82, 2.24) is 0 Å². The lowest BCUT2D eigenvalue weighted by atomic mass is 10.1. The molecule has 0 aliphatic carbocycles. The average Bonchev–Trinajstić information content (AvgIpc) is 2.37. The Hall–Kier alpha value is -1.81. The van der Waals surface area contributed by atoms with Crippen LogP contribution in [-0.4, -0.2) is 18.1 Å². The molecule has 0 atom stereocenters.